The number of nitrogens with zero attached hydrogens (tertiary/aromatic N) is 2. The maximum Gasteiger partial charge on any atom is 0.311 e. The summed E-state index contributed by atoms with van der Waals surface area (Å²) >= 11 is 5.98. The van der Waals surface area contributed by atoms with Crippen molar-refractivity contribution in [1.29, 1.82) is 0 Å². The summed E-state index contributed by atoms with van der Waals surface area (Å²) in [5.74, 6) is 0.965. The molecule has 5 aliphatic rings. The average Bonchev–Trinajstić information content (AvgIpc) is 3.03. The van der Waals surface area contributed by atoms with E-state index in [2.05, 4.69) is 9.80 Å². The second-order valence-electron chi connectivity index (χ2n) is 9.21. The Morgan fingerprint density at radius 2 is 1.87 bits per heavy atom. The number of benzene rings is 1. The zero-order chi connectivity index (χ0) is 20.8. The lowest BCUT2D eigenvalue weighted by atomic mass is 9.74. The number of carbonyl (C=O) groups is 1. The van der Waals surface area contributed by atoms with Crippen molar-refractivity contribution < 1.29 is 19.4 Å². The van der Waals surface area contributed by atoms with Crippen LogP contribution in [0.15, 0.2) is 24.3 Å². The van der Waals surface area contributed by atoms with E-state index < -0.39 is 12.2 Å². The van der Waals surface area contributed by atoms with E-state index in [4.69, 9.17) is 21.7 Å². The van der Waals surface area contributed by atoms with E-state index in [0.717, 1.165) is 23.0 Å². The summed E-state index contributed by atoms with van der Waals surface area (Å²) in [6, 6.07) is 7.91. The summed E-state index contributed by atoms with van der Waals surface area (Å²) in [4.78, 5) is 17.1. The summed E-state index contributed by atoms with van der Waals surface area (Å²) in [6.07, 6.45) is 5.69. The van der Waals surface area contributed by atoms with E-state index >= 15 is 0 Å². The predicted molar refractivity (Wildman–Crippen MR) is 116 cm³/mol. The van der Waals surface area contributed by atoms with Gasteiger partial charge in [0.1, 0.15) is 11.9 Å². The Morgan fingerprint density at radius 1 is 1.13 bits per heavy atom. The molecule has 3 aliphatic heterocycles. The van der Waals surface area contributed by atoms with Gasteiger partial charge in [-0.15, -0.1) is 0 Å². The topological polar surface area (TPSA) is 62.2 Å². The highest BCUT2D eigenvalue weighted by atomic mass is 32.1. The lowest BCUT2D eigenvalue weighted by molar-refractivity contribution is -0.199. The maximum atomic E-state index is 12.6. The molecule has 7 heteroatoms. The number of esters is 1. The molecule has 162 valence electrons. The molecule has 1 aromatic rings. The largest absolute Gasteiger partial charge is 0.497 e. The molecule has 6 rings (SSSR count). The van der Waals surface area contributed by atoms with Crippen molar-refractivity contribution in [3.8, 4) is 5.75 Å². The minimum absolute atomic E-state index is 0.00678. The molecule has 2 bridgehead atoms. The summed E-state index contributed by atoms with van der Waals surface area (Å²) in [6.45, 7) is 1.55. The first-order chi connectivity index (χ1) is 14.6. The third-order valence-electron chi connectivity index (χ3n) is 7.43. The first-order valence-corrected chi connectivity index (χ1v) is 11.6. The van der Waals surface area contributed by atoms with Crippen LogP contribution in [0.25, 0.3) is 0 Å². The number of thiocarbonyl (C=S) groups is 1. The Kier molecular flexibility index (Phi) is 5.35. The van der Waals surface area contributed by atoms with Crippen LogP contribution in [0.5, 0.6) is 5.75 Å². The highest BCUT2D eigenvalue weighted by Gasteiger charge is 2.62. The normalized spacial score (nSPS) is 33.6. The number of hydrogen-bond acceptors (Lipinski definition) is 5. The van der Waals surface area contributed by atoms with E-state index in [1.54, 1.807) is 7.11 Å². The highest BCUT2D eigenvalue weighted by molar-refractivity contribution is 7.80. The first-order valence-electron chi connectivity index (χ1n) is 11.2. The molecule has 2 aliphatic carbocycles. The van der Waals surface area contributed by atoms with Gasteiger partial charge < -0.3 is 24.4 Å². The van der Waals surface area contributed by atoms with Gasteiger partial charge in [-0.05, 0) is 55.1 Å². The molecule has 0 spiro atoms. The molecule has 3 heterocycles. The quantitative estimate of drug-likeness (QED) is 0.569. The number of methoxy groups -OCH3 is 1. The first kappa shape index (κ1) is 20.1. The summed E-state index contributed by atoms with van der Waals surface area (Å²) in [5, 5.41) is 11.4. The second-order valence-corrected chi connectivity index (χ2v) is 9.57. The lowest BCUT2D eigenvalue weighted by Gasteiger charge is -2.49. The number of aliphatic hydroxyl groups excluding tert-OH is 1. The molecule has 5 atom stereocenters. The number of ether oxygens (including phenoxy) is 2. The van der Waals surface area contributed by atoms with Gasteiger partial charge in [0.05, 0.1) is 31.2 Å². The summed E-state index contributed by atoms with van der Waals surface area (Å²) < 4.78 is 10.9. The van der Waals surface area contributed by atoms with E-state index in [0.29, 0.717) is 18.9 Å². The van der Waals surface area contributed by atoms with Crippen LogP contribution in [-0.4, -0.2) is 63.9 Å². The third-order valence-corrected chi connectivity index (χ3v) is 7.90. The fourth-order valence-electron chi connectivity index (χ4n) is 5.93. The van der Waals surface area contributed by atoms with Gasteiger partial charge in [-0.2, -0.15) is 0 Å². The Balaban J connectivity index is 1.44. The van der Waals surface area contributed by atoms with Crippen LogP contribution in [0, 0.1) is 11.8 Å². The van der Waals surface area contributed by atoms with E-state index in [1.807, 2.05) is 24.3 Å². The molecule has 1 aromatic carbocycles. The van der Waals surface area contributed by atoms with Crippen LogP contribution in [0.4, 0.5) is 0 Å². The molecule has 0 amide bonds. The Hall–Kier alpha value is -1.86. The second kappa shape index (κ2) is 8.00. The zero-order valence-corrected chi connectivity index (χ0v) is 18.2. The molecule has 0 aromatic heterocycles. The molecular weight excluding hydrogens is 400 g/mol. The van der Waals surface area contributed by atoms with Gasteiger partial charge in [-0.3, -0.25) is 4.79 Å². The van der Waals surface area contributed by atoms with Gasteiger partial charge in [0.2, 0.25) is 0 Å². The van der Waals surface area contributed by atoms with Crippen LogP contribution in [0.2, 0.25) is 0 Å². The van der Waals surface area contributed by atoms with E-state index in [-0.39, 0.29) is 24.0 Å². The van der Waals surface area contributed by atoms with Crippen molar-refractivity contribution in [1.82, 2.24) is 9.80 Å². The minimum Gasteiger partial charge on any atom is -0.497 e. The molecule has 6 nitrogen and oxygen atoms in total. The number of carbonyl (C=O) groups excluding carboxylic acids is 1. The van der Waals surface area contributed by atoms with Crippen molar-refractivity contribution in [2.45, 2.75) is 69.4 Å². The molecule has 0 radical (unpaired) electrons. The summed E-state index contributed by atoms with van der Waals surface area (Å²) in [7, 11) is 1.66. The van der Waals surface area contributed by atoms with Gasteiger partial charge >= 0.3 is 5.97 Å². The Morgan fingerprint density at radius 3 is 2.57 bits per heavy atom. The SMILES string of the molecule is COc1ccc(CN2C(=S)N(CC3CCCCC3)[C@H]3[C@H]2[C@H]2OC(=O)[C@H]3C[C@H]2O)cc1. The standard InChI is InChI=1S/C23H30N2O4S/c1-28-16-9-7-15(8-10-16)13-25-20-19(17-11-18(26)21(20)29-22(17)27)24(23(25)30)12-14-5-3-2-4-6-14/h7-10,14,17-21,26H,2-6,11-13H2,1H3/t17-,18+,19+,20-,21-/m0/s1. The van der Waals surface area contributed by atoms with Crippen molar-refractivity contribution in [3.05, 3.63) is 29.8 Å². The monoisotopic (exact) mass is 430 g/mol. The van der Waals surface area contributed by atoms with Crippen molar-refractivity contribution in [3.63, 3.8) is 0 Å². The van der Waals surface area contributed by atoms with Gasteiger partial charge in [0.15, 0.2) is 5.11 Å². The molecule has 30 heavy (non-hydrogen) atoms. The molecule has 5 fully saturated rings. The van der Waals surface area contributed by atoms with Crippen molar-refractivity contribution in [2.75, 3.05) is 13.7 Å². The minimum atomic E-state index is -0.621. The smallest absolute Gasteiger partial charge is 0.311 e. The van der Waals surface area contributed by atoms with Crippen LogP contribution in [0.3, 0.4) is 0 Å². The number of hydrogen-bond donors (Lipinski definition) is 1. The van der Waals surface area contributed by atoms with Crippen LogP contribution in [-0.2, 0) is 16.1 Å². The fraction of sp³-hybridized carbons (Fsp3) is 0.652. The molecule has 0 unspecified atom stereocenters. The van der Waals surface area contributed by atoms with Crippen molar-refractivity contribution >= 4 is 23.3 Å². The van der Waals surface area contributed by atoms with Gasteiger partial charge in [0.25, 0.3) is 0 Å². The lowest BCUT2D eigenvalue weighted by Crippen LogP contribution is -2.66. The van der Waals surface area contributed by atoms with E-state index in [1.165, 1.54) is 32.1 Å². The molecular formula is C23H30N2O4S. The Labute approximate surface area is 183 Å². The number of rotatable bonds is 5. The molecule has 3 saturated heterocycles. The summed E-state index contributed by atoms with van der Waals surface area (Å²) in [5.41, 5.74) is 1.12. The maximum absolute atomic E-state index is 12.6. The fourth-order valence-corrected chi connectivity index (χ4v) is 6.31. The van der Waals surface area contributed by atoms with Crippen LogP contribution < -0.4 is 4.74 Å². The van der Waals surface area contributed by atoms with E-state index in [9.17, 15) is 9.90 Å². The number of aliphatic hydroxyl groups is 1. The highest BCUT2D eigenvalue weighted by Crippen LogP contribution is 2.45. The van der Waals surface area contributed by atoms with Gasteiger partial charge in [-0.1, -0.05) is 31.4 Å². The molecule has 2 saturated carbocycles. The van der Waals surface area contributed by atoms with Crippen molar-refractivity contribution in [2.24, 2.45) is 11.8 Å². The Bertz CT molecular complexity index is 810. The van der Waals surface area contributed by atoms with Gasteiger partial charge in [-0.25, -0.2) is 0 Å². The molecule has 1 N–H and O–H groups in total. The average molecular weight is 431 g/mol. The van der Waals surface area contributed by atoms with Crippen LogP contribution in [0.1, 0.15) is 44.1 Å². The van der Waals surface area contributed by atoms with Gasteiger partial charge in [0, 0.05) is 13.1 Å². The predicted octanol–water partition coefficient (Wildman–Crippen LogP) is 2.72. The third kappa shape index (κ3) is 3.36. The number of fused-ring (bicyclic) bond motifs is 2. The van der Waals surface area contributed by atoms with Crippen LogP contribution >= 0.6 is 12.2 Å². The zero-order valence-electron chi connectivity index (χ0n) is 17.4.